The van der Waals surface area contributed by atoms with Crippen molar-refractivity contribution in [1.82, 2.24) is 9.78 Å². The van der Waals surface area contributed by atoms with Crippen LogP contribution < -0.4 is 5.48 Å². The summed E-state index contributed by atoms with van der Waals surface area (Å²) in [7, 11) is 0. The Balaban J connectivity index is 1.78. The van der Waals surface area contributed by atoms with Gasteiger partial charge in [0.25, 0.3) is 0 Å². The molecule has 0 amide bonds. The lowest BCUT2D eigenvalue weighted by Crippen LogP contribution is -2.26. The number of carbonyl (C=O) groups excluding carboxylic acids is 1. The molecule has 1 saturated carbocycles. The SMILES string of the molecule is C[C@@H]1C[C@H](c2cc(NOC(=O)c3ccccc3)n(C(C)(C)C)n2)C[C@@H]1O. The summed E-state index contributed by atoms with van der Waals surface area (Å²) in [6.07, 6.45) is 1.34. The highest BCUT2D eigenvalue weighted by molar-refractivity contribution is 5.89. The molecule has 1 aromatic heterocycles. The van der Waals surface area contributed by atoms with Gasteiger partial charge < -0.3 is 9.94 Å². The maximum atomic E-state index is 12.2. The van der Waals surface area contributed by atoms with Gasteiger partial charge in [-0.1, -0.05) is 25.1 Å². The largest absolute Gasteiger partial charge is 0.393 e. The predicted molar refractivity (Wildman–Crippen MR) is 99.8 cm³/mol. The number of aliphatic hydroxyl groups excluding tert-OH is 1. The van der Waals surface area contributed by atoms with Crippen LogP contribution >= 0.6 is 0 Å². The number of hydrogen-bond donors (Lipinski definition) is 2. The molecule has 0 radical (unpaired) electrons. The Labute approximate surface area is 154 Å². The molecule has 1 aliphatic rings. The molecule has 0 saturated heterocycles. The van der Waals surface area contributed by atoms with Crippen molar-refractivity contribution in [2.45, 2.75) is 58.1 Å². The molecule has 1 fully saturated rings. The zero-order valence-electron chi connectivity index (χ0n) is 15.8. The molecule has 1 aromatic carbocycles. The van der Waals surface area contributed by atoms with E-state index in [9.17, 15) is 9.90 Å². The lowest BCUT2D eigenvalue weighted by atomic mass is 10.0. The Morgan fingerprint density at radius 1 is 1.27 bits per heavy atom. The zero-order chi connectivity index (χ0) is 18.9. The van der Waals surface area contributed by atoms with E-state index in [4.69, 9.17) is 9.94 Å². The predicted octanol–water partition coefficient (Wildman–Crippen LogP) is 3.70. The van der Waals surface area contributed by atoms with E-state index in [1.54, 1.807) is 24.3 Å². The van der Waals surface area contributed by atoms with Gasteiger partial charge in [-0.2, -0.15) is 5.10 Å². The number of nitrogens with one attached hydrogen (secondary N) is 1. The van der Waals surface area contributed by atoms with Crippen molar-refractivity contribution in [3.05, 3.63) is 47.7 Å². The number of benzene rings is 1. The summed E-state index contributed by atoms with van der Waals surface area (Å²) in [4.78, 5) is 17.4. The highest BCUT2D eigenvalue weighted by Gasteiger charge is 2.33. The van der Waals surface area contributed by atoms with Crippen LogP contribution in [0.2, 0.25) is 0 Å². The summed E-state index contributed by atoms with van der Waals surface area (Å²) in [6, 6.07) is 10.8. The van der Waals surface area contributed by atoms with Gasteiger partial charge in [-0.05, 0) is 51.7 Å². The summed E-state index contributed by atoms with van der Waals surface area (Å²) in [5.74, 6) is 0.672. The Morgan fingerprint density at radius 3 is 2.54 bits per heavy atom. The number of rotatable bonds is 4. The van der Waals surface area contributed by atoms with E-state index in [-0.39, 0.29) is 23.5 Å². The Bertz CT molecular complexity index is 754. The molecule has 0 spiro atoms. The summed E-state index contributed by atoms with van der Waals surface area (Å²) in [5.41, 5.74) is 3.90. The summed E-state index contributed by atoms with van der Waals surface area (Å²) >= 11 is 0. The van der Waals surface area contributed by atoms with Crippen LogP contribution in [0.3, 0.4) is 0 Å². The van der Waals surface area contributed by atoms with Crippen molar-refractivity contribution in [3.8, 4) is 0 Å². The number of anilines is 1. The van der Waals surface area contributed by atoms with Crippen LogP contribution in [0, 0.1) is 5.92 Å². The van der Waals surface area contributed by atoms with E-state index in [0.29, 0.717) is 17.8 Å². The van der Waals surface area contributed by atoms with E-state index in [1.165, 1.54) is 0 Å². The molecule has 140 valence electrons. The van der Waals surface area contributed by atoms with Crippen molar-refractivity contribution < 1.29 is 14.7 Å². The summed E-state index contributed by atoms with van der Waals surface area (Å²) < 4.78 is 1.83. The second-order valence-electron chi connectivity index (χ2n) is 8.11. The van der Waals surface area contributed by atoms with Crippen LogP contribution in [0.15, 0.2) is 36.4 Å². The molecule has 6 heteroatoms. The molecule has 3 rings (SSSR count). The van der Waals surface area contributed by atoms with Crippen molar-refractivity contribution in [2.75, 3.05) is 5.48 Å². The van der Waals surface area contributed by atoms with Crippen molar-refractivity contribution in [1.29, 1.82) is 0 Å². The highest BCUT2D eigenvalue weighted by Crippen LogP contribution is 2.39. The number of aromatic nitrogens is 2. The van der Waals surface area contributed by atoms with Gasteiger partial charge in [0, 0.05) is 12.0 Å². The zero-order valence-corrected chi connectivity index (χ0v) is 15.8. The number of hydrogen-bond acceptors (Lipinski definition) is 5. The van der Waals surface area contributed by atoms with Crippen LogP contribution in [-0.4, -0.2) is 27.0 Å². The quantitative estimate of drug-likeness (QED) is 0.816. The Hall–Kier alpha value is -2.34. The smallest absolute Gasteiger partial charge is 0.362 e. The number of aliphatic hydroxyl groups is 1. The maximum absolute atomic E-state index is 12.2. The first kappa shape index (κ1) is 18.5. The topological polar surface area (TPSA) is 76.4 Å². The first-order chi connectivity index (χ1) is 12.3. The van der Waals surface area contributed by atoms with Crippen LogP contribution in [0.25, 0.3) is 0 Å². The van der Waals surface area contributed by atoms with E-state index >= 15 is 0 Å². The lowest BCUT2D eigenvalue weighted by Gasteiger charge is -2.22. The second-order valence-corrected chi connectivity index (χ2v) is 8.11. The Morgan fingerprint density at radius 2 is 1.96 bits per heavy atom. The molecule has 1 heterocycles. The second kappa shape index (κ2) is 7.11. The normalized spacial score (nSPS) is 23.0. The molecule has 0 bridgehead atoms. The number of nitrogens with zero attached hydrogens (tertiary/aromatic N) is 2. The Kier molecular flexibility index (Phi) is 5.05. The monoisotopic (exact) mass is 357 g/mol. The van der Waals surface area contributed by atoms with Gasteiger partial charge in [-0.15, -0.1) is 0 Å². The van der Waals surface area contributed by atoms with Gasteiger partial charge in [0.05, 0.1) is 22.9 Å². The third kappa shape index (κ3) is 3.90. The van der Waals surface area contributed by atoms with Crippen LogP contribution in [0.4, 0.5) is 5.82 Å². The average molecular weight is 357 g/mol. The minimum atomic E-state index is -0.446. The summed E-state index contributed by atoms with van der Waals surface area (Å²) in [6.45, 7) is 8.19. The van der Waals surface area contributed by atoms with Crippen molar-refractivity contribution in [3.63, 3.8) is 0 Å². The van der Waals surface area contributed by atoms with Crippen molar-refractivity contribution in [2.24, 2.45) is 5.92 Å². The third-order valence-electron chi connectivity index (χ3n) is 4.88. The molecular formula is C20H27N3O3. The minimum Gasteiger partial charge on any atom is -0.393 e. The van der Waals surface area contributed by atoms with Gasteiger partial charge in [0.1, 0.15) is 0 Å². The first-order valence-corrected chi connectivity index (χ1v) is 9.06. The number of carbonyl (C=O) groups is 1. The standard InChI is InChI=1S/C20H27N3O3/c1-13-10-15(11-17(13)24)16-12-18(23(21-16)20(2,3)4)22-26-19(25)14-8-6-5-7-9-14/h5-9,12-13,15,17,22,24H,10-11H2,1-4H3/t13-,15+,17+/m1/s1. The third-order valence-corrected chi connectivity index (χ3v) is 4.88. The van der Waals surface area contributed by atoms with E-state index in [2.05, 4.69) is 12.4 Å². The van der Waals surface area contributed by atoms with E-state index < -0.39 is 5.97 Å². The van der Waals surface area contributed by atoms with E-state index in [1.807, 2.05) is 37.6 Å². The van der Waals surface area contributed by atoms with Crippen molar-refractivity contribution >= 4 is 11.8 Å². The van der Waals surface area contributed by atoms with Gasteiger partial charge >= 0.3 is 5.97 Å². The fourth-order valence-corrected chi connectivity index (χ4v) is 3.38. The molecule has 26 heavy (non-hydrogen) atoms. The van der Waals surface area contributed by atoms with Crippen LogP contribution in [-0.2, 0) is 10.4 Å². The van der Waals surface area contributed by atoms with Gasteiger partial charge in [-0.25, -0.2) is 15.0 Å². The minimum absolute atomic E-state index is 0.217. The molecule has 2 N–H and O–H groups in total. The molecule has 6 nitrogen and oxygen atoms in total. The van der Waals surface area contributed by atoms with E-state index in [0.717, 1.165) is 12.1 Å². The summed E-state index contributed by atoms with van der Waals surface area (Å²) in [5, 5.41) is 14.8. The molecule has 3 atom stereocenters. The van der Waals surface area contributed by atoms with Crippen LogP contribution in [0.5, 0.6) is 0 Å². The molecular weight excluding hydrogens is 330 g/mol. The van der Waals surface area contributed by atoms with Gasteiger partial charge in [0.2, 0.25) is 0 Å². The lowest BCUT2D eigenvalue weighted by molar-refractivity contribution is 0.0591. The molecule has 0 aliphatic heterocycles. The fourth-order valence-electron chi connectivity index (χ4n) is 3.38. The average Bonchev–Trinajstić information content (AvgIpc) is 3.17. The van der Waals surface area contributed by atoms with Crippen LogP contribution in [0.1, 0.15) is 62.5 Å². The molecule has 1 aliphatic carbocycles. The molecule has 2 aromatic rings. The highest BCUT2D eigenvalue weighted by atomic mass is 16.7. The maximum Gasteiger partial charge on any atom is 0.362 e. The van der Waals surface area contributed by atoms with Gasteiger partial charge in [0.15, 0.2) is 5.82 Å². The molecule has 0 unspecified atom stereocenters. The first-order valence-electron chi connectivity index (χ1n) is 9.06. The van der Waals surface area contributed by atoms with Gasteiger partial charge in [-0.3, -0.25) is 0 Å². The fraction of sp³-hybridized carbons (Fsp3) is 0.500.